The van der Waals surface area contributed by atoms with Crippen molar-refractivity contribution in [1.29, 1.82) is 0 Å². The van der Waals surface area contributed by atoms with Crippen molar-refractivity contribution in [1.82, 2.24) is 10.2 Å². The molecule has 112 valence electrons. The summed E-state index contributed by atoms with van der Waals surface area (Å²) < 4.78 is 0. The Morgan fingerprint density at radius 3 is 2.35 bits per heavy atom. The number of nitrogens with one attached hydrogen (secondary N) is 1. The van der Waals surface area contributed by atoms with E-state index in [1.165, 1.54) is 41.6 Å². The van der Waals surface area contributed by atoms with Crippen molar-refractivity contribution < 1.29 is 0 Å². The maximum Gasteiger partial charge on any atom is 0.0299 e. The van der Waals surface area contributed by atoms with Gasteiger partial charge in [-0.3, -0.25) is 0 Å². The van der Waals surface area contributed by atoms with Crippen LogP contribution in [0.5, 0.6) is 0 Å². The maximum absolute atomic E-state index is 3.86. The number of aryl methyl sites for hydroxylation is 3. The first kappa shape index (κ1) is 15.5. The Morgan fingerprint density at radius 2 is 1.80 bits per heavy atom. The summed E-state index contributed by atoms with van der Waals surface area (Å²) in [6, 6.07) is 6.39. The van der Waals surface area contributed by atoms with E-state index in [0.717, 1.165) is 0 Å². The summed E-state index contributed by atoms with van der Waals surface area (Å²) in [6.07, 6.45) is 2.51. The molecule has 3 unspecified atom stereocenters. The maximum atomic E-state index is 3.86. The molecule has 1 N–H and O–H groups in total. The summed E-state index contributed by atoms with van der Waals surface area (Å²) in [5.74, 6) is 0. The molecular formula is C18H30N2. The van der Waals surface area contributed by atoms with Crippen molar-refractivity contribution in [3.05, 3.63) is 34.4 Å². The summed E-state index contributed by atoms with van der Waals surface area (Å²) >= 11 is 0. The van der Waals surface area contributed by atoms with Crippen molar-refractivity contribution in [2.75, 3.05) is 13.6 Å². The molecule has 1 saturated heterocycles. The van der Waals surface area contributed by atoms with Gasteiger partial charge in [-0.05, 0) is 77.7 Å². The second-order valence-electron chi connectivity index (χ2n) is 6.75. The summed E-state index contributed by atoms with van der Waals surface area (Å²) in [7, 11) is 2.23. The molecule has 1 aromatic carbocycles. The molecule has 0 bridgehead atoms. The van der Waals surface area contributed by atoms with Crippen LogP contribution in [-0.4, -0.2) is 30.6 Å². The molecule has 2 nitrogen and oxygen atoms in total. The first-order valence-corrected chi connectivity index (χ1v) is 7.92. The van der Waals surface area contributed by atoms with Gasteiger partial charge in [-0.2, -0.15) is 0 Å². The lowest BCUT2D eigenvalue weighted by Gasteiger charge is -2.37. The molecule has 2 rings (SSSR count). The van der Waals surface area contributed by atoms with Crippen molar-refractivity contribution in [2.24, 2.45) is 0 Å². The lowest BCUT2D eigenvalue weighted by molar-refractivity contribution is 0.163. The van der Waals surface area contributed by atoms with Gasteiger partial charge in [0.05, 0.1) is 0 Å². The van der Waals surface area contributed by atoms with E-state index < -0.39 is 0 Å². The fourth-order valence-electron chi connectivity index (χ4n) is 3.75. The van der Waals surface area contributed by atoms with Crippen LogP contribution in [0.4, 0.5) is 0 Å². The van der Waals surface area contributed by atoms with E-state index in [-0.39, 0.29) is 0 Å². The van der Waals surface area contributed by atoms with E-state index in [2.05, 4.69) is 64.0 Å². The highest BCUT2D eigenvalue weighted by molar-refractivity contribution is 5.39. The zero-order valence-electron chi connectivity index (χ0n) is 14.0. The first-order valence-electron chi connectivity index (χ1n) is 7.92. The molecule has 20 heavy (non-hydrogen) atoms. The highest BCUT2D eigenvalue weighted by Crippen LogP contribution is 2.25. The van der Waals surface area contributed by atoms with Gasteiger partial charge in [0.1, 0.15) is 0 Å². The van der Waals surface area contributed by atoms with Gasteiger partial charge in [-0.15, -0.1) is 0 Å². The molecule has 0 aliphatic carbocycles. The molecule has 3 atom stereocenters. The summed E-state index contributed by atoms with van der Waals surface area (Å²) in [5.41, 5.74) is 5.69. The topological polar surface area (TPSA) is 15.3 Å². The van der Waals surface area contributed by atoms with Crippen molar-refractivity contribution >= 4 is 0 Å². The Balaban J connectivity index is 2.07. The Labute approximate surface area is 124 Å². The quantitative estimate of drug-likeness (QED) is 0.903. The van der Waals surface area contributed by atoms with E-state index in [1.54, 1.807) is 0 Å². The third-order valence-electron chi connectivity index (χ3n) is 4.87. The number of benzene rings is 1. The molecule has 1 heterocycles. The fourth-order valence-corrected chi connectivity index (χ4v) is 3.75. The Morgan fingerprint density at radius 1 is 1.20 bits per heavy atom. The number of hydrogen-bond acceptors (Lipinski definition) is 2. The molecular weight excluding hydrogens is 244 g/mol. The smallest absolute Gasteiger partial charge is 0.0299 e. The first-order chi connectivity index (χ1) is 9.38. The van der Waals surface area contributed by atoms with Crippen LogP contribution in [-0.2, 0) is 0 Å². The minimum absolute atomic E-state index is 0.441. The fraction of sp³-hybridized carbons (Fsp3) is 0.667. The largest absolute Gasteiger partial charge is 0.307 e. The van der Waals surface area contributed by atoms with Crippen LogP contribution in [0.25, 0.3) is 0 Å². The standard InChI is InChI=1S/C18H30N2/c1-12-9-13(2)18(14(3)10-12)16(5)19-17-7-8-20(6)15(4)11-17/h9-10,15-17,19H,7-8,11H2,1-6H3. The van der Waals surface area contributed by atoms with Gasteiger partial charge in [-0.25, -0.2) is 0 Å². The van der Waals surface area contributed by atoms with E-state index >= 15 is 0 Å². The second-order valence-corrected chi connectivity index (χ2v) is 6.75. The van der Waals surface area contributed by atoms with Crippen LogP contribution in [0.2, 0.25) is 0 Å². The van der Waals surface area contributed by atoms with E-state index in [9.17, 15) is 0 Å². The number of likely N-dealkylation sites (tertiary alicyclic amines) is 1. The van der Waals surface area contributed by atoms with Crippen molar-refractivity contribution in [3.63, 3.8) is 0 Å². The highest BCUT2D eigenvalue weighted by atomic mass is 15.1. The van der Waals surface area contributed by atoms with Crippen molar-refractivity contribution in [2.45, 2.75) is 65.6 Å². The lowest BCUT2D eigenvalue weighted by atomic mass is 9.92. The summed E-state index contributed by atoms with van der Waals surface area (Å²) in [5, 5.41) is 3.86. The lowest BCUT2D eigenvalue weighted by Crippen LogP contribution is -2.46. The normalized spacial score (nSPS) is 25.7. The van der Waals surface area contributed by atoms with E-state index in [4.69, 9.17) is 0 Å². The van der Waals surface area contributed by atoms with Gasteiger partial charge >= 0.3 is 0 Å². The molecule has 0 amide bonds. The molecule has 0 radical (unpaired) electrons. The highest BCUT2D eigenvalue weighted by Gasteiger charge is 2.24. The Bertz CT molecular complexity index is 443. The van der Waals surface area contributed by atoms with Crippen LogP contribution < -0.4 is 5.32 Å². The second kappa shape index (κ2) is 6.28. The minimum Gasteiger partial charge on any atom is -0.307 e. The molecule has 0 saturated carbocycles. The summed E-state index contributed by atoms with van der Waals surface area (Å²) in [6.45, 7) is 12.5. The SMILES string of the molecule is Cc1cc(C)c(C(C)NC2CCN(C)C(C)C2)c(C)c1. The van der Waals surface area contributed by atoms with Gasteiger partial charge in [0, 0.05) is 18.1 Å². The number of piperidine rings is 1. The molecule has 2 heteroatoms. The molecule has 1 aliphatic heterocycles. The Kier molecular flexibility index (Phi) is 4.87. The average molecular weight is 274 g/mol. The van der Waals surface area contributed by atoms with Gasteiger partial charge in [0.15, 0.2) is 0 Å². The molecule has 1 aliphatic rings. The molecule has 1 fully saturated rings. The van der Waals surface area contributed by atoms with Crippen LogP contribution in [0.3, 0.4) is 0 Å². The zero-order chi connectivity index (χ0) is 14.9. The third-order valence-corrected chi connectivity index (χ3v) is 4.87. The monoisotopic (exact) mass is 274 g/mol. The van der Waals surface area contributed by atoms with Gasteiger partial charge in [0.25, 0.3) is 0 Å². The minimum atomic E-state index is 0.441. The van der Waals surface area contributed by atoms with Gasteiger partial charge in [-0.1, -0.05) is 17.7 Å². The van der Waals surface area contributed by atoms with Crippen molar-refractivity contribution in [3.8, 4) is 0 Å². The number of nitrogens with zero attached hydrogens (tertiary/aromatic N) is 1. The zero-order valence-corrected chi connectivity index (χ0v) is 14.0. The molecule has 0 aromatic heterocycles. The van der Waals surface area contributed by atoms with Crippen LogP contribution in [0, 0.1) is 20.8 Å². The number of rotatable bonds is 3. The third kappa shape index (κ3) is 3.42. The summed E-state index contributed by atoms with van der Waals surface area (Å²) in [4.78, 5) is 2.46. The Hall–Kier alpha value is -0.860. The van der Waals surface area contributed by atoms with E-state index in [0.29, 0.717) is 18.1 Å². The van der Waals surface area contributed by atoms with Gasteiger partial charge in [0.2, 0.25) is 0 Å². The van der Waals surface area contributed by atoms with E-state index in [1.807, 2.05) is 0 Å². The molecule has 1 aromatic rings. The van der Waals surface area contributed by atoms with Gasteiger partial charge < -0.3 is 10.2 Å². The molecule has 0 spiro atoms. The van der Waals surface area contributed by atoms with Crippen LogP contribution in [0.1, 0.15) is 55.0 Å². The predicted molar refractivity (Wildman–Crippen MR) is 87.3 cm³/mol. The average Bonchev–Trinajstić information content (AvgIpc) is 2.32. The predicted octanol–water partition coefficient (Wildman–Crippen LogP) is 3.75. The van der Waals surface area contributed by atoms with Crippen LogP contribution >= 0.6 is 0 Å². The van der Waals surface area contributed by atoms with Crippen LogP contribution in [0.15, 0.2) is 12.1 Å². The number of hydrogen-bond donors (Lipinski definition) is 1.